The number of nitrogens with two attached hydrogens (primary N) is 1. The number of halogens is 1. The Hall–Kier alpha value is -1.94. The average molecular weight is 288 g/mol. The molecule has 20 heavy (non-hydrogen) atoms. The fourth-order valence-corrected chi connectivity index (χ4v) is 2.40. The highest BCUT2D eigenvalue weighted by molar-refractivity contribution is 7.80. The molecule has 0 aliphatic heterocycles. The van der Waals surface area contributed by atoms with E-state index in [1.54, 1.807) is 6.07 Å². The van der Waals surface area contributed by atoms with Crippen molar-refractivity contribution in [1.82, 2.24) is 0 Å². The number of hydrogen-bond donors (Lipinski definition) is 1. The van der Waals surface area contributed by atoms with E-state index in [4.69, 9.17) is 18.0 Å². The molecule has 0 aromatic heterocycles. The molecule has 0 saturated carbocycles. The fraction of sp³-hybridized carbons (Fsp3) is 0.188. The normalized spacial score (nSPS) is 10.4. The molecule has 2 nitrogen and oxygen atoms in total. The highest BCUT2D eigenvalue weighted by Crippen LogP contribution is 2.28. The first-order valence-corrected chi connectivity index (χ1v) is 6.71. The summed E-state index contributed by atoms with van der Waals surface area (Å²) in [6, 6.07) is 11.1. The lowest BCUT2D eigenvalue weighted by atomic mass is 10.1. The summed E-state index contributed by atoms with van der Waals surface area (Å²) in [6.07, 6.45) is 0. The second-order valence-electron chi connectivity index (χ2n) is 4.88. The Balaban J connectivity index is 2.40. The average Bonchev–Trinajstić information content (AvgIpc) is 2.37. The number of nitrogens with zero attached hydrogens (tertiary/aromatic N) is 1. The van der Waals surface area contributed by atoms with Gasteiger partial charge in [0.1, 0.15) is 10.8 Å². The van der Waals surface area contributed by atoms with Crippen molar-refractivity contribution in [1.29, 1.82) is 0 Å². The first-order chi connectivity index (χ1) is 9.40. The van der Waals surface area contributed by atoms with Crippen LogP contribution in [0.25, 0.3) is 0 Å². The topological polar surface area (TPSA) is 29.3 Å². The van der Waals surface area contributed by atoms with Gasteiger partial charge in [-0.15, -0.1) is 0 Å². The summed E-state index contributed by atoms with van der Waals surface area (Å²) in [5.74, 6) is -0.397. The van der Waals surface area contributed by atoms with Crippen LogP contribution >= 0.6 is 12.2 Å². The van der Waals surface area contributed by atoms with E-state index in [1.165, 1.54) is 11.6 Å². The molecule has 0 spiro atoms. The van der Waals surface area contributed by atoms with Gasteiger partial charge in [0.25, 0.3) is 0 Å². The summed E-state index contributed by atoms with van der Waals surface area (Å²) in [6.45, 7) is 4.09. The smallest absolute Gasteiger partial charge is 0.135 e. The van der Waals surface area contributed by atoms with Gasteiger partial charge in [0.2, 0.25) is 0 Å². The van der Waals surface area contributed by atoms with Crippen LogP contribution in [0.15, 0.2) is 36.4 Å². The molecule has 0 aliphatic carbocycles. The Bertz CT molecular complexity index is 668. The molecule has 2 aromatic rings. The molecule has 0 fully saturated rings. The van der Waals surface area contributed by atoms with Crippen molar-refractivity contribution in [2.24, 2.45) is 5.73 Å². The van der Waals surface area contributed by atoms with Crippen LogP contribution in [-0.4, -0.2) is 12.0 Å². The van der Waals surface area contributed by atoms with Gasteiger partial charge in [-0.25, -0.2) is 4.39 Å². The molecular weight excluding hydrogens is 271 g/mol. The van der Waals surface area contributed by atoms with Gasteiger partial charge < -0.3 is 10.6 Å². The predicted octanol–water partition coefficient (Wildman–Crippen LogP) is 3.84. The van der Waals surface area contributed by atoms with Crippen LogP contribution in [0.4, 0.5) is 15.8 Å². The molecule has 0 saturated heterocycles. The lowest BCUT2D eigenvalue weighted by Crippen LogP contribution is -2.14. The van der Waals surface area contributed by atoms with E-state index in [9.17, 15) is 4.39 Å². The maximum atomic E-state index is 13.9. The van der Waals surface area contributed by atoms with Gasteiger partial charge in [-0.05, 0) is 43.7 Å². The highest BCUT2D eigenvalue weighted by Gasteiger charge is 2.11. The van der Waals surface area contributed by atoms with E-state index in [2.05, 4.69) is 6.07 Å². The maximum Gasteiger partial charge on any atom is 0.135 e. The van der Waals surface area contributed by atoms with Crippen LogP contribution < -0.4 is 10.6 Å². The maximum absolute atomic E-state index is 13.9. The van der Waals surface area contributed by atoms with Crippen LogP contribution in [0.5, 0.6) is 0 Å². The Morgan fingerprint density at radius 3 is 2.40 bits per heavy atom. The third-order valence-corrected chi connectivity index (χ3v) is 3.54. The van der Waals surface area contributed by atoms with Crippen LogP contribution in [0.2, 0.25) is 0 Å². The summed E-state index contributed by atoms with van der Waals surface area (Å²) in [7, 11) is 1.91. The molecule has 0 heterocycles. The summed E-state index contributed by atoms with van der Waals surface area (Å²) in [5, 5.41) is 0. The number of aryl methyl sites for hydroxylation is 2. The molecule has 0 aliphatic rings. The minimum Gasteiger partial charge on any atom is -0.389 e. The molecule has 2 aromatic carbocycles. The van der Waals surface area contributed by atoms with Crippen molar-refractivity contribution >= 4 is 28.6 Å². The lowest BCUT2D eigenvalue weighted by Gasteiger charge is -2.22. The van der Waals surface area contributed by atoms with Gasteiger partial charge in [0.05, 0.1) is 0 Å². The standard InChI is InChI=1S/C16H17FN2S/c1-10-4-7-15(11(2)8-10)19(3)12-5-6-13(16(18)20)14(17)9-12/h4-9H,1-3H3,(H2,18,20). The fourth-order valence-electron chi connectivity index (χ4n) is 2.23. The van der Waals surface area contributed by atoms with Crippen molar-refractivity contribution in [3.8, 4) is 0 Å². The molecule has 2 rings (SSSR count). The van der Waals surface area contributed by atoms with E-state index in [-0.39, 0.29) is 10.6 Å². The summed E-state index contributed by atoms with van der Waals surface area (Å²) < 4.78 is 13.9. The number of hydrogen-bond acceptors (Lipinski definition) is 2. The quantitative estimate of drug-likeness (QED) is 0.870. The second kappa shape index (κ2) is 5.59. The number of benzene rings is 2. The van der Waals surface area contributed by atoms with Gasteiger partial charge in [-0.3, -0.25) is 0 Å². The minimum atomic E-state index is -0.397. The molecule has 0 bridgehead atoms. The van der Waals surface area contributed by atoms with Crippen molar-refractivity contribution in [3.05, 3.63) is 58.9 Å². The molecule has 0 radical (unpaired) electrons. The molecule has 104 valence electrons. The molecular formula is C16H17FN2S. The zero-order valence-electron chi connectivity index (χ0n) is 11.8. The zero-order chi connectivity index (χ0) is 14.9. The molecule has 2 N–H and O–H groups in total. The van der Waals surface area contributed by atoms with Crippen LogP contribution in [-0.2, 0) is 0 Å². The summed E-state index contributed by atoms with van der Waals surface area (Å²) in [4.78, 5) is 2.02. The van der Waals surface area contributed by atoms with Crippen LogP contribution in [0.3, 0.4) is 0 Å². The second-order valence-corrected chi connectivity index (χ2v) is 5.32. The summed E-state index contributed by atoms with van der Waals surface area (Å²) >= 11 is 4.81. The van der Waals surface area contributed by atoms with E-state index >= 15 is 0 Å². The number of anilines is 2. The van der Waals surface area contributed by atoms with Crippen molar-refractivity contribution < 1.29 is 4.39 Å². The van der Waals surface area contributed by atoms with Gasteiger partial charge in [0.15, 0.2) is 0 Å². The van der Waals surface area contributed by atoms with E-state index in [0.29, 0.717) is 0 Å². The van der Waals surface area contributed by atoms with Gasteiger partial charge in [-0.2, -0.15) is 0 Å². The number of rotatable bonds is 3. The van der Waals surface area contributed by atoms with Crippen LogP contribution in [0.1, 0.15) is 16.7 Å². The lowest BCUT2D eigenvalue weighted by molar-refractivity contribution is 0.625. The third kappa shape index (κ3) is 2.80. The molecule has 4 heteroatoms. The first-order valence-electron chi connectivity index (χ1n) is 6.30. The molecule has 0 amide bonds. The van der Waals surface area contributed by atoms with Crippen LogP contribution in [0, 0.1) is 19.7 Å². The Morgan fingerprint density at radius 1 is 1.15 bits per heavy atom. The van der Waals surface area contributed by atoms with Gasteiger partial charge in [-0.1, -0.05) is 29.9 Å². The minimum absolute atomic E-state index is 0.0724. The number of thiocarbonyl (C=S) groups is 1. The van der Waals surface area contributed by atoms with Gasteiger partial charge >= 0.3 is 0 Å². The van der Waals surface area contributed by atoms with Gasteiger partial charge in [0, 0.05) is 24.0 Å². The Kier molecular flexibility index (Phi) is 4.04. The third-order valence-electron chi connectivity index (χ3n) is 3.32. The predicted molar refractivity (Wildman–Crippen MR) is 86.3 cm³/mol. The Labute approximate surface area is 124 Å². The SMILES string of the molecule is Cc1ccc(N(C)c2ccc(C(N)=S)c(F)c2)c(C)c1. The van der Waals surface area contributed by atoms with Crippen molar-refractivity contribution in [2.45, 2.75) is 13.8 Å². The van der Waals surface area contributed by atoms with Crippen molar-refractivity contribution in [3.63, 3.8) is 0 Å². The monoisotopic (exact) mass is 288 g/mol. The highest BCUT2D eigenvalue weighted by atomic mass is 32.1. The molecule has 0 unspecified atom stereocenters. The van der Waals surface area contributed by atoms with E-state index < -0.39 is 5.82 Å². The zero-order valence-corrected chi connectivity index (χ0v) is 12.6. The Morgan fingerprint density at radius 2 is 1.85 bits per heavy atom. The summed E-state index contributed by atoms with van der Waals surface area (Å²) in [5.41, 5.74) is 9.89. The van der Waals surface area contributed by atoms with E-state index in [1.807, 2.05) is 44.0 Å². The molecule has 0 atom stereocenters. The first kappa shape index (κ1) is 14.5. The van der Waals surface area contributed by atoms with Crippen molar-refractivity contribution in [2.75, 3.05) is 11.9 Å². The largest absolute Gasteiger partial charge is 0.389 e. The van der Waals surface area contributed by atoms with E-state index in [0.717, 1.165) is 16.9 Å².